The topological polar surface area (TPSA) is 38.7 Å². The lowest BCUT2D eigenvalue weighted by Crippen LogP contribution is -2.14. The van der Waals surface area contributed by atoms with E-state index in [4.69, 9.17) is 9.47 Å². The van der Waals surface area contributed by atoms with Gasteiger partial charge in [-0.3, -0.25) is 0 Å². The summed E-state index contributed by atoms with van der Waals surface area (Å²) in [7, 11) is 2.96. The summed E-state index contributed by atoms with van der Waals surface area (Å²) in [4.78, 5) is 0. The molecule has 20 heavy (non-hydrogen) atoms. The Hall–Kier alpha value is -1.29. The second-order valence-corrected chi connectivity index (χ2v) is 4.98. The molecule has 0 spiro atoms. The number of methoxy groups -OCH3 is 2. The summed E-state index contributed by atoms with van der Waals surface area (Å²) in [5.41, 5.74) is 0.283. The maximum Gasteiger partial charge on any atom is 0.163 e. The van der Waals surface area contributed by atoms with Crippen LogP contribution in [0.3, 0.4) is 0 Å². The van der Waals surface area contributed by atoms with Crippen LogP contribution in [0, 0.1) is 11.7 Å². The Morgan fingerprint density at radius 3 is 2.25 bits per heavy atom. The molecule has 0 saturated heterocycles. The highest BCUT2D eigenvalue weighted by Gasteiger charge is 2.24. The summed E-state index contributed by atoms with van der Waals surface area (Å²) in [5.74, 6) is 0.378. The SMILES string of the molecule is CCCCC(CC)C(O)c1cc(OC)c(OC)cc1F. The predicted octanol–water partition coefficient (Wildman–Crippen LogP) is 4.09. The Balaban J connectivity index is 3.04. The van der Waals surface area contributed by atoms with E-state index in [0.717, 1.165) is 25.7 Å². The van der Waals surface area contributed by atoms with Gasteiger partial charge in [0.25, 0.3) is 0 Å². The molecule has 0 bridgehead atoms. The van der Waals surface area contributed by atoms with Crippen molar-refractivity contribution in [2.45, 2.75) is 45.6 Å². The van der Waals surface area contributed by atoms with E-state index >= 15 is 0 Å². The summed E-state index contributed by atoms with van der Waals surface area (Å²) >= 11 is 0. The molecule has 0 amide bonds. The van der Waals surface area contributed by atoms with E-state index in [-0.39, 0.29) is 11.5 Å². The zero-order valence-electron chi connectivity index (χ0n) is 12.8. The molecule has 0 aromatic heterocycles. The lowest BCUT2D eigenvalue weighted by molar-refractivity contribution is 0.0950. The van der Waals surface area contributed by atoms with Gasteiger partial charge in [0.2, 0.25) is 0 Å². The number of benzene rings is 1. The number of hydrogen-bond acceptors (Lipinski definition) is 3. The normalized spacial score (nSPS) is 13.9. The van der Waals surface area contributed by atoms with Crippen LogP contribution in [-0.2, 0) is 0 Å². The lowest BCUT2D eigenvalue weighted by Gasteiger charge is -2.23. The molecule has 2 atom stereocenters. The highest BCUT2D eigenvalue weighted by molar-refractivity contribution is 5.44. The molecular formula is C16H25FO3. The maximum atomic E-state index is 14.1. The lowest BCUT2D eigenvalue weighted by atomic mass is 9.88. The number of hydrogen-bond donors (Lipinski definition) is 1. The Bertz CT molecular complexity index is 420. The van der Waals surface area contributed by atoms with Gasteiger partial charge >= 0.3 is 0 Å². The average Bonchev–Trinajstić information content (AvgIpc) is 2.47. The van der Waals surface area contributed by atoms with Crippen molar-refractivity contribution in [3.8, 4) is 11.5 Å². The summed E-state index contributed by atoms with van der Waals surface area (Å²) in [6.07, 6.45) is 2.99. The third-order valence-electron chi connectivity index (χ3n) is 3.72. The van der Waals surface area contributed by atoms with Gasteiger partial charge in [0, 0.05) is 11.6 Å². The molecule has 1 rings (SSSR count). The molecule has 0 heterocycles. The van der Waals surface area contributed by atoms with Crippen LogP contribution < -0.4 is 9.47 Å². The smallest absolute Gasteiger partial charge is 0.163 e. The zero-order valence-corrected chi connectivity index (χ0v) is 12.8. The summed E-state index contributed by atoms with van der Waals surface area (Å²) in [6.45, 7) is 4.12. The number of rotatable bonds is 8. The van der Waals surface area contributed by atoms with Crippen molar-refractivity contribution in [3.63, 3.8) is 0 Å². The molecule has 114 valence electrons. The fraction of sp³-hybridized carbons (Fsp3) is 0.625. The van der Waals surface area contributed by atoms with Gasteiger partial charge in [-0.05, 0) is 18.4 Å². The van der Waals surface area contributed by atoms with Crippen molar-refractivity contribution < 1.29 is 19.0 Å². The highest BCUT2D eigenvalue weighted by Crippen LogP contribution is 2.36. The van der Waals surface area contributed by atoms with Gasteiger partial charge in [0.1, 0.15) is 5.82 Å². The van der Waals surface area contributed by atoms with E-state index < -0.39 is 11.9 Å². The van der Waals surface area contributed by atoms with Crippen LogP contribution in [0.25, 0.3) is 0 Å². The molecule has 0 radical (unpaired) electrons. The van der Waals surface area contributed by atoms with Crippen LogP contribution in [0.15, 0.2) is 12.1 Å². The minimum atomic E-state index is -0.814. The molecule has 0 fully saturated rings. The quantitative estimate of drug-likeness (QED) is 0.781. The minimum Gasteiger partial charge on any atom is -0.493 e. The Labute approximate surface area is 120 Å². The molecule has 1 aromatic carbocycles. The summed E-state index contributed by atoms with van der Waals surface area (Å²) in [5, 5.41) is 10.4. The molecule has 4 heteroatoms. The van der Waals surface area contributed by atoms with E-state index in [2.05, 4.69) is 6.92 Å². The van der Waals surface area contributed by atoms with E-state index in [0.29, 0.717) is 11.5 Å². The number of halogens is 1. The summed E-state index contributed by atoms with van der Waals surface area (Å²) < 4.78 is 24.4. The third kappa shape index (κ3) is 3.85. The summed E-state index contributed by atoms with van der Waals surface area (Å²) in [6, 6.07) is 2.80. The second kappa shape index (κ2) is 8.10. The van der Waals surface area contributed by atoms with Gasteiger partial charge in [0.15, 0.2) is 11.5 Å². The van der Waals surface area contributed by atoms with Gasteiger partial charge in [0.05, 0.1) is 20.3 Å². The van der Waals surface area contributed by atoms with Crippen LogP contribution >= 0.6 is 0 Å². The monoisotopic (exact) mass is 284 g/mol. The first-order valence-electron chi connectivity index (χ1n) is 7.18. The molecule has 0 aliphatic heterocycles. The van der Waals surface area contributed by atoms with Gasteiger partial charge in [-0.15, -0.1) is 0 Å². The van der Waals surface area contributed by atoms with Crippen molar-refractivity contribution >= 4 is 0 Å². The number of ether oxygens (including phenoxy) is 2. The Kier molecular flexibility index (Phi) is 6.79. The van der Waals surface area contributed by atoms with E-state index in [1.165, 1.54) is 26.4 Å². The Morgan fingerprint density at radius 2 is 1.75 bits per heavy atom. The van der Waals surface area contributed by atoms with Crippen molar-refractivity contribution in [3.05, 3.63) is 23.5 Å². The van der Waals surface area contributed by atoms with Crippen molar-refractivity contribution in [2.24, 2.45) is 5.92 Å². The first kappa shape index (κ1) is 16.8. The van der Waals surface area contributed by atoms with Crippen molar-refractivity contribution in [1.29, 1.82) is 0 Å². The van der Waals surface area contributed by atoms with E-state index in [9.17, 15) is 9.50 Å². The number of unbranched alkanes of at least 4 members (excludes halogenated alkanes) is 1. The van der Waals surface area contributed by atoms with Crippen LogP contribution in [0.1, 0.15) is 51.2 Å². The maximum absolute atomic E-state index is 14.1. The molecule has 1 aromatic rings. The van der Waals surface area contributed by atoms with Gasteiger partial charge in [-0.25, -0.2) is 4.39 Å². The van der Waals surface area contributed by atoms with Crippen LogP contribution in [0.5, 0.6) is 11.5 Å². The zero-order chi connectivity index (χ0) is 15.1. The first-order chi connectivity index (χ1) is 9.58. The van der Waals surface area contributed by atoms with E-state index in [1.807, 2.05) is 6.92 Å². The van der Waals surface area contributed by atoms with Gasteiger partial charge < -0.3 is 14.6 Å². The van der Waals surface area contributed by atoms with Crippen LogP contribution in [-0.4, -0.2) is 19.3 Å². The fourth-order valence-electron chi connectivity index (χ4n) is 2.40. The number of aliphatic hydroxyl groups is 1. The highest BCUT2D eigenvalue weighted by atomic mass is 19.1. The Morgan fingerprint density at radius 1 is 1.15 bits per heavy atom. The molecule has 0 aliphatic rings. The predicted molar refractivity (Wildman–Crippen MR) is 77.8 cm³/mol. The molecular weight excluding hydrogens is 259 g/mol. The van der Waals surface area contributed by atoms with Crippen LogP contribution in [0.4, 0.5) is 4.39 Å². The largest absolute Gasteiger partial charge is 0.493 e. The fourth-order valence-corrected chi connectivity index (χ4v) is 2.40. The standard InChI is InChI=1S/C16H25FO3/c1-5-7-8-11(6-2)16(18)12-9-14(19-3)15(20-4)10-13(12)17/h9-11,16,18H,5-8H2,1-4H3. The molecule has 1 N–H and O–H groups in total. The number of aliphatic hydroxyl groups excluding tert-OH is 1. The first-order valence-corrected chi connectivity index (χ1v) is 7.18. The third-order valence-corrected chi connectivity index (χ3v) is 3.72. The van der Waals surface area contributed by atoms with Gasteiger partial charge in [-0.1, -0.05) is 33.1 Å². The van der Waals surface area contributed by atoms with Crippen molar-refractivity contribution in [1.82, 2.24) is 0 Å². The molecule has 0 saturated carbocycles. The van der Waals surface area contributed by atoms with E-state index in [1.54, 1.807) is 0 Å². The second-order valence-electron chi connectivity index (χ2n) is 4.98. The molecule has 2 unspecified atom stereocenters. The van der Waals surface area contributed by atoms with Crippen molar-refractivity contribution in [2.75, 3.05) is 14.2 Å². The minimum absolute atomic E-state index is 0.0579. The van der Waals surface area contributed by atoms with Gasteiger partial charge in [-0.2, -0.15) is 0 Å². The average molecular weight is 284 g/mol. The van der Waals surface area contributed by atoms with Crippen LogP contribution in [0.2, 0.25) is 0 Å². The molecule has 3 nitrogen and oxygen atoms in total. The molecule has 0 aliphatic carbocycles.